The van der Waals surface area contributed by atoms with Crippen molar-refractivity contribution in [3.8, 4) is 45.0 Å². The highest BCUT2D eigenvalue weighted by Crippen LogP contribution is 2.44. The number of hydrogen-bond donors (Lipinski definition) is 0. The molecule has 0 aliphatic rings. The largest absolute Gasteiger partial charge is 0.311 e. The maximum absolute atomic E-state index is 13.9. The topological polar surface area (TPSA) is 26.2 Å². The van der Waals surface area contributed by atoms with Gasteiger partial charge in [0, 0.05) is 100.0 Å². The number of para-hydroxylation sites is 8. The Bertz CT molecular complexity index is 6090. The van der Waals surface area contributed by atoms with E-state index >= 15 is 0 Å². The minimum absolute atomic E-state index is 0.238. The quantitative estimate of drug-likeness (QED) is 0.122. The van der Waals surface area contributed by atoms with Crippen LogP contribution in [-0.2, 0) is 0 Å². The molecule has 492 valence electrons. The Morgan fingerprint density at radius 2 is 0.404 bits per heavy atom. The van der Waals surface area contributed by atoms with Crippen LogP contribution in [0.4, 0.5) is 38.5 Å². The minimum atomic E-state index is -0.238. The van der Waals surface area contributed by atoms with Crippen LogP contribution in [0.15, 0.2) is 388 Å². The van der Waals surface area contributed by atoms with Gasteiger partial charge in [0.25, 0.3) is 0 Å². The zero-order valence-electron chi connectivity index (χ0n) is 57.0. The summed E-state index contributed by atoms with van der Waals surface area (Å²) in [5, 5.41) is 9.78. The number of aromatic nitrogens is 4. The summed E-state index contributed by atoms with van der Waals surface area (Å²) in [6.07, 6.45) is 0. The number of nitrogens with zero attached hydrogens (tertiary/aromatic N) is 6. The monoisotopic (exact) mass is 1330 g/mol. The van der Waals surface area contributed by atoms with Gasteiger partial charge in [-0.05, 0) is 235 Å². The summed E-state index contributed by atoms with van der Waals surface area (Å²) in [6, 6.07) is 137. The Balaban J connectivity index is 0.000000143. The van der Waals surface area contributed by atoms with Crippen LogP contribution >= 0.6 is 0 Å². The molecule has 0 radical (unpaired) electrons. The van der Waals surface area contributed by atoms with Gasteiger partial charge < -0.3 is 28.1 Å². The number of benzene rings is 16. The summed E-state index contributed by atoms with van der Waals surface area (Å²) in [5.74, 6) is -0.238. The van der Waals surface area contributed by atoms with Crippen molar-refractivity contribution in [3.05, 3.63) is 400 Å². The van der Waals surface area contributed by atoms with Crippen LogP contribution in [0.3, 0.4) is 0 Å². The zero-order chi connectivity index (χ0) is 69.2. The zero-order valence-corrected chi connectivity index (χ0v) is 57.0. The summed E-state index contributed by atoms with van der Waals surface area (Å²) < 4.78 is 23.2. The molecule has 7 heteroatoms. The molecule has 0 fully saturated rings. The lowest BCUT2D eigenvalue weighted by Crippen LogP contribution is -2.09. The van der Waals surface area contributed by atoms with Gasteiger partial charge in [-0.1, -0.05) is 188 Å². The molecule has 0 aliphatic heterocycles. The third kappa shape index (κ3) is 10.7. The summed E-state index contributed by atoms with van der Waals surface area (Å²) in [6.45, 7) is 2.14. The highest BCUT2D eigenvalue weighted by molar-refractivity contribution is 6.15. The summed E-state index contributed by atoms with van der Waals surface area (Å²) in [7, 11) is 0. The molecule has 0 atom stereocenters. The van der Waals surface area contributed by atoms with Gasteiger partial charge in [0.1, 0.15) is 5.82 Å². The fourth-order valence-corrected chi connectivity index (χ4v) is 15.7. The Labute approximate surface area is 601 Å². The minimum Gasteiger partial charge on any atom is -0.311 e. The second kappa shape index (κ2) is 25.8. The number of halogens is 1. The van der Waals surface area contributed by atoms with Gasteiger partial charge in [-0.25, -0.2) is 4.39 Å². The summed E-state index contributed by atoms with van der Waals surface area (Å²) >= 11 is 0. The Kier molecular flexibility index (Phi) is 15.2. The molecule has 20 rings (SSSR count). The van der Waals surface area contributed by atoms with Crippen molar-refractivity contribution >= 4 is 121 Å². The second-order valence-electron chi connectivity index (χ2n) is 26.7. The van der Waals surface area contributed by atoms with E-state index < -0.39 is 0 Å². The highest BCUT2D eigenvalue weighted by atomic mass is 19.1. The average Bonchev–Trinajstić information content (AvgIpc) is 1.58. The third-order valence-electron chi connectivity index (χ3n) is 20.5. The number of rotatable bonds is 12. The summed E-state index contributed by atoms with van der Waals surface area (Å²) in [4.78, 5) is 4.59. The van der Waals surface area contributed by atoms with Crippen LogP contribution in [0, 0.1) is 12.7 Å². The van der Waals surface area contributed by atoms with Crippen molar-refractivity contribution < 1.29 is 4.39 Å². The highest BCUT2D eigenvalue weighted by Gasteiger charge is 2.21. The van der Waals surface area contributed by atoms with E-state index in [2.05, 4.69) is 399 Å². The van der Waals surface area contributed by atoms with Crippen LogP contribution < -0.4 is 9.80 Å². The summed E-state index contributed by atoms with van der Waals surface area (Å²) in [5.41, 5.74) is 26.4. The molecule has 0 amide bonds. The molecule has 0 spiro atoms. The van der Waals surface area contributed by atoms with E-state index in [0.29, 0.717) is 0 Å². The van der Waals surface area contributed by atoms with Crippen LogP contribution in [0.5, 0.6) is 0 Å². The van der Waals surface area contributed by atoms with Crippen molar-refractivity contribution in [3.63, 3.8) is 0 Å². The van der Waals surface area contributed by atoms with Crippen LogP contribution in [0.1, 0.15) is 5.56 Å². The van der Waals surface area contributed by atoms with Gasteiger partial charge in [0.2, 0.25) is 0 Å². The standard InChI is InChI=1S/C49H35N3.C48H32FN3/c1-34-20-24-40(25-21-34)51-46-18-10-8-16-42(46)44-32-35(22-30-48(44)51)36-23-31-49-45(33-36)43-17-9-11-19-47(43)52(49)41-28-26-39(27-29-41)50(37-12-4-2-5-13-37)38-14-6-3-7-15-38;49-35-21-23-39(24-22-35)51-45-17-9-7-15-41(45)43-31-33(19-29-47(43)51)34-20-30-48-44(32-34)42-16-8-10-18-46(42)52(48)40-27-25-38(26-28-40)50(36-11-3-1-4-12-36)37-13-5-2-6-14-37/h2-33H,1H3;1-32H. The molecular formula is C97H67FN6. The first-order valence-electron chi connectivity index (χ1n) is 35.4. The SMILES string of the molecule is Cc1ccc(-n2c3ccccc3c3cc(-c4ccc5c(c4)c4ccccc4n5-c4ccc(N(c5ccccc5)c5ccccc5)cc4)ccc32)cc1.Fc1ccc(-n2c3ccccc3c3cc(-c4ccc5c(c4)c4ccccc4n5-c4ccc(N(c5ccccc5)c5ccccc5)cc4)ccc32)cc1. The fraction of sp³-hybridized carbons (Fsp3) is 0.0103. The van der Waals surface area contributed by atoms with E-state index in [1.807, 2.05) is 12.1 Å². The molecule has 20 aromatic rings. The lowest BCUT2D eigenvalue weighted by atomic mass is 10.0. The van der Waals surface area contributed by atoms with Crippen molar-refractivity contribution in [2.24, 2.45) is 0 Å². The van der Waals surface area contributed by atoms with E-state index in [4.69, 9.17) is 0 Å². The number of aryl methyl sites for hydroxylation is 1. The van der Waals surface area contributed by atoms with Crippen molar-refractivity contribution in [2.45, 2.75) is 6.92 Å². The molecular weight excluding hydrogens is 1270 g/mol. The molecule has 4 aromatic heterocycles. The van der Waals surface area contributed by atoms with Gasteiger partial charge >= 0.3 is 0 Å². The number of fused-ring (bicyclic) bond motifs is 12. The van der Waals surface area contributed by atoms with E-state index in [0.717, 1.165) is 78.9 Å². The van der Waals surface area contributed by atoms with E-state index in [-0.39, 0.29) is 5.82 Å². The Morgan fingerprint density at radius 3 is 0.673 bits per heavy atom. The van der Waals surface area contributed by atoms with Gasteiger partial charge in [0.05, 0.1) is 44.1 Å². The van der Waals surface area contributed by atoms with Gasteiger partial charge in [-0.2, -0.15) is 0 Å². The molecule has 0 aliphatic carbocycles. The maximum atomic E-state index is 13.9. The molecule has 4 heterocycles. The van der Waals surface area contributed by atoms with Crippen LogP contribution in [-0.4, -0.2) is 18.3 Å². The molecule has 0 saturated heterocycles. The first kappa shape index (κ1) is 61.3. The molecule has 0 unspecified atom stereocenters. The molecule has 0 saturated carbocycles. The first-order chi connectivity index (χ1) is 51.4. The number of anilines is 6. The van der Waals surface area contributed by atoms with E-state index in [1.54, 1.807) is 0 Å². The fourth-order valence-electron chi connectivity index (χ4n) is 15.7. The maximum Gasteiger partial charge on any atom is 0.123 e. The molecule has 6 nitrogen and oxygen atoms in total. The molecule has 0 N–H and O–H groups in total. The smallest absolute Gasteiger partial charge is 0.123 e. The molecule has 104 heavy (non-hydrogen) atoms. The molecule has 16 aromatic carbocycles. The predicted molar refractivity (Wildman–Crippen MR) is 435 cm³/mol. The second-order valence-corrected chi connectivity index (χ2v) is 26.7. The Morgan fingerprint density at radius 1 is 0.192 bits per heavy atom. The molecule has 0 bridgehead atoms. The van der Waals surface area contributed by atoms with Gasteiger partial charge in [-0.3, -0.25) is 0 Å². The van der Waals surface area contributed by atoms with Crippen molar-refractivity contribution in [1.29, 1.82) is 0 Å². The first-order valence-corrected chi connectivity index (χ1v) is 35.4. The van der Waals surface area contributed by atoms with Crippen LogP contribution in [0.25, 0.3) is 132 Å². The van der Waals surface area contributed by atoms with Crippen LogP contribution in [0.2, 0.25) is 0 Å². The predicted octanol–water partition coefficient (Wildman–Crippen LogP) is 26.5. The Hall–Kier alpha value is -13.8. The lowest BCUT2D eigenvalue weighted by Gasteiger charge is -2.25. The van der Waals surface area contributed by atoms with E-state index in [1.165, 1.54) is 105 Å². The normalized spacial score (nSPS) is 11.6. The van der Waals surface area contributed by atoms with Gasteiger partial charge in [-0.15, -0.1) is 0 Å². The van der Waals surface area contributed by atoms with Crippen molar-refractivity contribution in [2.75, 3.05) is 9.80 Å². The average molecular weight is 1340 g/mol. The third-order valence-corrected chi connectivity index (χ3v) is 20.5. The lowest BCUT2D eigenvalue weighted by molar-refractivity contribution is 0.627. The van der Waals surface area contributed by atoms with Gasteiger partial charge in [0.15, 0.2) is 0 Å². The van der Waals surface area contributed by atoms with Crippen molar-refractivity contribution in [1.82, 2.24) is 18.3 Å². The number of hydrogen-bond acceptors (Lipinski definition) is 2. The van der Waals surface area contributed by atoms with E-state index in [9.17, 15) is 4.39 Å².